The Morgan fingerprint density at radius 2 is 1.64 bits per heavy atom. The van der Waals surface area contributed by atoms with Crippen LogP contribution in [0.15, 0.2) is 48.5 Å². The third-order valence-electron chi connectivity index (χ3n) is 3.51. The normalized spacial score (nSPS) is 11.9. The van der Waals surface area contributed by atoms with Crippen molar-refractivity contribution in [2.45, 2.75) is 26.9 Å². The van der Waals surface area contributed by atoms with E-state index >= 15 is 0 Å². The highest BCUT2D eigenvalue weighted by molar-refractivity contribution is 5.86. The van der Waals surface area contributed by atoms with Crippen molar-refractivity contribution >= 4 is 23.0 Å². The minimum atomic E-state index is -4.52. The molecule has 0 heterocycles. The zero-order valence-corrected chi connectivity index (χ0v) is 14.2. The van der Waals surface area contributed by atoms with Gasteiger partial charge in [0.2, 0.25) is 5.91 Å². The minimum Gasteiger partial charge on any atom is -0.397 e. The van der Waals surface area contributed by atoms with Crippen LogP contribution in [0.4, 0.5) is 30.2 Å². The zero-order chi connectivity index (χ0) is 18.8. The number of rotatable bonds is 3. The van der Waals surface area contributed by atoms with Crippen LogP contribution in [0.1, 0.15) is 26.3 Å². The fraction of sp³-hybridized carbons (Fsp3) is 0.278. The van der Waals surface area contributed by atoms with E-state index in [2.05, 4.69) is 5.43 Å². The minimum absolute atomic E-state index is 0.0543. The summed E-state index contributed by atoms with van der Waals surface area (Å²) in [5.41, 5.74) is 7.64. The zero-order valence-electron chi connectivity index (χ0n) is 14.2. The number of hydrogen-bond acceptors (Lipinski definition) is 3. The van der Waals surface area contributed by atoms with Gasteiger partial charge in [-0.2, -0.15) is 13.2 Å². The van der Waals surface area contributed by atoms with E-state index in [9.17, 15) is 18.0 Å². The van der Waals surface area contributed by atoms with Gasteiger partial charge in [-0.05, 0) is 30.3 Å². The molecule has 0 aliphatic rings. The summed E-state index contributed by atoms with van der Waals surface area (Å²) in [7, 11) is 0. The average molecular weight is 351 g/mol. The lowest BCUT2D eigenvalue weighted by atomic mass is 9.96. The van der Waals surface area contributed by atoms with E-state index in [1.807, 2.05) is 0 Å². The number of hydrazine groups is 1. The maximum atomic E-state index is 13.1. The van der Waals surface area contributed by atoms with E-state index < -0.39 is 17.2 Å². The molecule has 0 bridgehead atoms. The average Bonchev–Trinajstić information content (AvgIpc) is 2.52. The second kappa shape index (κ2) is 6.66. The summed E-state index contributed by atoms with van der Waals surface area (Å²) < 4.78 is 39.2. The molecule has 0 aliphatic heterocycles. The third kappa shape index (κ3) is 4.43. The SMILES string of the molecule is CC(C)(C)C(=O)NN(c1ccccc1)c1cc(C(F)(F)F)ccc1N. The summed E-state index contributed by atoms with van der Waals surface area (Å²) in [6, 6.07) is 11.6. The molecule has 0 atom stereocenters. The molecule has 3 N–H and O–H groups in total. The predicted octanol–water partition coefficient (Wildman–Crippen LogP) is 4.50. The summed E-state index contributed by atoms with van der Waals surface area (Å²) in [6.07, 6.45) is -4.52. The number of hydrogen-bond donors (Lipinski definition) is 2. The van der Waals surface area contributed by atoms with Crippen molar-refractivity contribution in [3.8, 4) is 0 Å². The summed E-state index contributed by atoms with van der Waals surface area (Å²) in [5.74, 6) is -0.354. The van der Waals surface area contributed by atoms with E-state index in [-0.39, 0.29) is 17.3 Å². The molecule has 2 aromatic carbocycles. The number of carbonyl (C=O) groups is 1. The number of nitrogens with one attached hydrogen (secondary N) is 1. The van der Waals surface area contributed by atoms with Gasteiger partial charge < -0.3 is 5.73 Å². The van der Waals surface area contributed by atoms with Gasteiger partial charge in [-0.25, -0.2) is 0 Å². The quantitative estimate of drug-likeness (QED) is 0.632. The number of nitrogens with zero attached hydrogens (tertiary/aromatic N) is 1. The van der Waals surface area contributed by atoms with Gasteiger partial charge in [0, 0.05) is 5.41 Å². The van der Waals surface area contributed by atoms with Gasteiger partial charge in [0.1, 0.15) is 0 Å². The fourth-order valence-corrected chi connectivity index (χ4v) is 2.02. The number of nitrogens with two attached hydrogens (primary N) is 1. The molecule has 0 aliphatic carbocycles. The molecule has 0 saturated heterocycles. The van der Waals surface area contributed by atoms with Crippen molar-refractivity contribution in [1.29, 1.82) is 0 Å². The van der Waals surface area contributed by atoms with Crippen molar-refractivity contribution in [2.75, 3.05) is 10.7 Å². The molecule has 0 radical (unpaired) electrons. The van der Waals surface area contributed by atoms with Crippen LogP contribution in [0.3, 0.4) is 0 Å². The third-order valence-corrected chi connectivity index (χ3v) is 3.51. The lowest BCUT2D eigenvalue weighted by molar-refractivity contribution is -0.137. The monoisotopic (exact) mass is 351 g/mol. The van der Waals surface area contributed by atoms with Gasteiger partial charge in [0.05, 0.1) is 22.6 Å². The molecule has 0 fully saturated rings. The van der Waals surface area contributed by atoms with Crippen LogP contribution < -0.4 is 16.2 Å². The molecule has 2 rings (SSSR count). The molecule has 0 aromatic heterocycles. The molecule has 7 heteroatoms. The Morgan fingerprint density at radius 1 is 1.04 bits per heavy atom. The van der Waals surface area contributed by atoms with Crippen LogP contribution in [0.5, 0.6) is 0 Å². The Hall–Kier alpha value is -2.70. The number of alkyl halides is 3. The Morgan fingerprint density at radius 3 is 2.16 bits per heavy atom. The molecule has 134 valence electrons. The van der Waals surface area contributed by atoms with E-state index in [1.165, 1.54) is 11.1 Å². The summed E-state index contributed by atoms with van der Waals surface area (Å²) >= 11 is 0. The molecule has 0 unspecified atom stereocenters. The van der Waals surface area contributed by atoms with E-state index in [0.717, 1.165) is 12.1 Å². The van der Waals surface area contributed by atoms with Crippen LogP contribution in [-0.4, -0.2) is 5.91 Å². The summed E-state index contributed by atoms with van der Waals surface area (Å²) in [5, 5.41) is 1.28. The lowest BCUT2D eigenvalue weighted by Crippen LogP contribution is -2.45. The Kier molecular flexibility index (Phi) is 4.97. The van der Waals surface area contributed by atoms with Crippen LogP contribution in [0.25, 0.3) is 0 Å². The van der Waals surface area contributed by atoms with Gasteiger partial charge in [-0.15, -0.1) is 0 Å². The number of carbonyl (C=O) groups excluding carboxylic acids is 1. The van der Waals surface area contributed by atoms with Crippen molar-refractivity contribution in [1.82, 2.24) is 5.43 Å². The van der Waals surface area contributed by atoms with Crippen LogP contribution >= 0.6 is 0 Å². The smallest absolute Gasteiger partial charge is 0.397 e. The lowest BCUT2D eigenvalue weighted by Gasteiger charge is -2.30. The molecule has 0 saturated carbocycles. The molecular weight excluding hydrogens is 331 g/mol. The van der Waals surface area contributed by atoms with Gasteiger partial charge in [0.25, 0.3) is 0 Å². The highest BCUT2D eigenvalue weighted by atomic mass is 19.4. The van der Waals surface area contributed by atoms with E-state index in [1.54, 1.807) is 51.1 Å². The van der Waals surface area contributed by atoms with E-state index in [4.69, 9.17) is 5.73 Å². The van der Waals surface area contributed by atoms with Crippen molar-refractivity contribution in [3.63, 3.8) is 0 Å². The Balaban J connectivity index is 2.55. The number of amides is 1. The number of halogens is 3. The molecule has 4 nitrogen and oxygen atoms in total. The highest BCUT2D eigenvalue weighted by Crippen LogP contribution is 2.36. The largest absolute Gasteiger partial charge is 0.416 e. The van der Waals surface area contributed by atoms with Crippen molar-refractivity contribution in [2.24, 2.45) is 5.41 Å². The Bertz CT molecular complexity index is 752. The van der Waals surface area contributed by atoms with Gasteiger partial charge >= 0.3 is 6.18 Å². The number of anilines is 3. The van der Waals surface area contributed by atoms with Gasteiger partial charge in [-0.3, -0.25) is 15.2 Å². The van der Waals surface area contributed by atoms with Gasteiger partial charge in [0.15, 0.2) is 0 Å². The Labute approximate surface area is 144 Å². The summed E-state index contributed by atoms with van der Waals surface area (Å²) in [4.78, 5) is 12.4. The highest BCUT2D eigenvalue weighted by Gasteiger charge is 2.32. The topological polar surface area (TPSA) is 58.4 Å². The first kappa shape index (κ1) is 18.6. The van der Waals surface area contributed by atoms with Crippen LogP contribution in [0.2, 0.25) is 0 Å². The molecule has 0 spiro atoms. The first-order valence-electron chi connectivity index (χ1n) is 7.63. The number of para-hydroxylation sites is 1. The molecule has 25 heavy (non-hydrogen) atoms. The van der Waals surface area contributed by atoms with Gasteiger partial charge in [-0.1, -0.05) is 39.0 Å². The van der Waals surface area contributed by atoms with Crippen LogP contribution in [-0.2, 0) is 11.0 Å². The number of nitrogen functional groups attached to an aromatic ring is 1. The van der Waals surface area contributed by atoms with E-state index in [0.29, 0.717) is 5.69 Å². The van der Waals surface area contributed by atoms with Crippen molar-refractivity contribution < 1.29 is 18.0 Å². The molecule has 2 aromatic rings. The second-order valence-corrected chi connectivity index (χ2v) is 6.63. The fourth-order valence-electron chi connectivity index (χ4n) is 2.02. The first-order chi connectivity index (χ1) is 11.5. The summed E-state index contributed by atoms with van der Waals surface area (Å²) in [6.45, 7) is 5.13. The maximum absolute atomic E-state index is 13.1. The number of benzene rings is 2. The maximum Gasteiger partial charge on any atom is 0.416 e. The molecular formula is C18H20F3N3O. The second-order valence-electron chi connectivity index (χ2n) is 6.63. The first-order valence-corrected chi connectivity index (χ1v) is 7.63. The van der Waals surface area contributed by atoms with Crippen molar-refractivity contribution in [3.05, 3.63) is 54.1 Å². The van der Waals surface area contributed by atoms with Crippen LogP contribution in [0, 0.1) is 5.41 Å². The molecule has 1 amide bonds. The standard InChI is InChI=1S/C18H20F3N3O/c1-17(2,3)16(25)23-24(13-7-5-4-6-8-13)15-11-12(18(19,20)21)9-10-14(15)22/h4-11H,22H2,1-3H3,(H,23,25). The predicted molar refractivity (Wildman–Crippen MR) is 92.0 cm³/mol.